The highest BCUT2D eigenvalue weighted by molar-refractivity contribution is 5.88. The molecule has 1 aromatic heterocycles. The second-order valence-electron chi connectivity index (χ2n) is 2.47. The summed E-state index contributed by atoms with van der Waals surface area (Å²) in [6.07, 6.45) is -4.89. The Bertz CT molecular complexity index is 331. The van der Waals surface area contributed by atoms with Crippen LogP contribution in [0, 0.1) is 0 Å². The van der Waals surface area contributed by atoms with Crippen molar-refractivity contribution in [3.05, 3.63) is 17.5 Å². The zero-order valence-electron chi connectivity index (χ0n) is 7.09. The molecule has 1 heterocycles. The first kappa shape index (κ1) is 10.6. The summed E-state index contributed by atoms with van der Waals surface area (Å²) < 4.78 is 44.3. The fourth-order valence-electron chi connectivity index (χ4n) is 0.863. The average Bonchev–Trinajstić information content (AvgIpc) is 2.48. The van der Waals surface area contributed by atoms with Gasteiger partial charge in [-0.15, -0.1) is 0 Å². The van der Waals surface area contributed by atoms with Crippen molar-refractivity contribution in [3.8, 4) is 0 Å². The highest BCUT2D eigenvalue weighted by Gasteiger charge is 2.32. The van der Waals surface area contributed by atoms with Gasteiger partial charge in [0, 0.05) is 5.56 Å². The number of nitrogens with zero attached hydrogens (tertiary/aromatic N) is 1. The number of hydrogen-bond acceptors (Lipinski definition) is 4. The maximum Gasteiger partial charge on any atom is 0.393 e. The van der Waals surface area contributed by atoms with E-state index in [2.05, 4.69) is 14.4 Å². The molecule has 0 amide bonds. The normalized spacial score (nSPS) is 11.4. The largest absolute Gasteiger partial charge is 0.464 e. The second kappa shape index (κ2) is 3.69. The van der Waals surface area contributed by atoms with Gasteiger partial charge in [0.05, 0.1) is 13.5 Å². The Balaban J connectivity index is 2.88. The number of esters is 1. The van der Waals surface area contributed by atoms with Gasteiger partial charge < -0.3 is 9.26 Å². The number of ether oxygens (including phenoxy) is 1. The molecular weight excluding hydrogens is 203 g/mol. The van der Waals surface area contributed by atoms with Gasteiger partial charge in [-0.25, -0.2) is 4.79 Å². The van der Waals surface area contributed by atoms with E-state index in [0.29, 0.717) is 0 Å². The van der Waals surface area contributed by atoms with E-state index in [1.165, 1.54) is 0 Å². The third kappa shape index (κ3) is 2.48. The number of carbonyl (C=O) groups excluding carboxylic acids is 1. The molecule has 78 valence electrons. The lowest BCUT2D eigenvalue weighted by molar-refractivity contribution is -0.127. The quantitative estimate of drug-likeness (QED) is 0.693. The molecule has 0 atom stereocenters. The van der Waals surface area contributed by atoms with Crippen LogP contribution in [0.3, 0.4) is 0 Å². The Morgan fingerprint density at radius 1 is 1.64 bits per heavy atom. The van der Waals surface area contributed by atoms with E-state index in [1.54, 1.807) is 0 Å². The monoisotopic (exact) mass is 209 g/mol. The van der Waals surface area contributed by atoms with E-state index in [-0.39, 0.29) is 5.56 Å². The molecule has 0 fully saturated rings. The molecule has 7 heteroatoms. The maximum absolute atomic E-state index is 11.9. The van der Waals surface area contributed by atoms with E-state index in [0.717, 1.165) is 13.4 Å². The zero-order valence-corrected chi connectivity index (χ0v) is 7.09. The molecule has 0 N–H and O–H groups in total. The molecule has 0 radical (unpaired) electrons. The molecule has 0 aromatic carbocycles. The van der Waals surface area contributed by atoms with Crippen LogP contribution < -0.4 is 0 Å². The first-order valence-electron chi connectivity index (χ1n) is 3.52. The van der Waals surface area contributed by atoms with Gasteiger partial charge in [0.2, 0.25) is 0 Å². The highest BCUT2D eigenvalue weighted by atomic mass is 19.4. The van der Waals surface area contributed by atoms with Crippen molar-refractivity contribution >= 4 is 5.97 Å². The Labute approximate surface area is 76.6 Å². The summed E-state index contributed by atoms with van der Waals surface area (Å²) >= 11 is 0. The summed E-state index contributed by atoms with van der Waals surface area (Å²) in [7, 11) is 1.05. The third-order valence-corrected chi connectivity index (χ3v) is 1.41. The molecule has 0 saturated carbocycles. The molecule has 0 aliphatic heterocycles. The molecule has 0 aliphatic rings. The van der Waals surface area contributed by atoms with Crippen molar-refractivity contribution in [1.82, 2.24) is 5.16 Å². The van der Waals surface area contributed by atoms with Gasteiger partial charge in [-0.05, 0) is 0 Å². The van der Waals surface area contributed by atoms with E-state index in [9.17, 15) is 18.0 Å². The minimum absolute atomic E-state index is 0.329. The number of methoxy groups -OCH3 is 1. The zero-order chi connectivity index (χ0) is 10.8. The molecule has 0 spiro atoms. The molecule has 0 aliphatic carbocycles. The standard InChI is InChI=1S/C7H6F3NO3/c1-13-6(12)5-4(3-14-11-5)2-7(8,9)10/h3H,2H2,1H3. The van der Waals surface area contributed by atoms with E-state index in [4.69, 9.17) is 0 Å². The van der Waals surface area contributed by atoms with Crippen molar-refractivity contribution in [2.45, 2.75) is 12.6 Å². The van der Waals surface area contributed by atoms with Crippen molar-refractivity contribution in [1.29, 1.82) is 0 Å². The summed E-state index contributed by atoms with van der Waals surface area (Å²) in [5.41, 5.74) is -0.769. The average molecular weight is 209 g/mol. The molecule has 1 aromatic rings. The van der Waals surface area contributed by atoms with Crippen LogP contribution in [0.15, 0.2) is 10.8 Å². The number of rotatable bonds is 2. The number of hydrogen-bond donors (Lipinski definition) is 0. The van der Waals surface area contributed by atoms with Crippen LogP contribution in [0.2, 0.25) is 0 Å². The van der Waals surface area contributed by atoms with Gasteiger partial charge >= 0.3 is 12.1 Å². The number of carbonyl (C=O) groups is 1. The Morgan fingerprint density at radius 3 is 2.79 bits per heavy atom. The first-order valence-corrected chi connectivity index (χ1v) is 3.52. The molecule has 1 rings (SSSR count). The maximum atomic E-state index is 11.9. The number of halogens is 3. The van der Waals surface area contributed by atoms with Crippen LogP contribution in [0.25, 0.3) is 0 Å². The lowest BCUT2D eigenvalue weighted by Crippen LogP contribution is -2.14. The minimum atomic E-state index is -4.41. The second-order valence-corrected chi connectivity index (χ2v) is 2.47. The molecule has 4 nitrogen and oxygen atoms in total. The van der Waals surface area contributed by atoms with E-state index < -0.39 is 24.3 Å². The molecular formula is C7H6F3NO3. The molecule has 0 unspecified atom stereocenters. The van der Waals surface area contributed by atoms with Crippen molar-refractivity contribution in [2.75, 3.05) is 7.11 Å². The smallest absolute Gasteiger partial charge is 0.393 e. The summed E-state index contributed by atoms with van der Waals surface area (Å²) in [4.78, 5) is 10.9. The van der Waals surface area contributed by atoms with Crippen LogP contribution in [-0.2, 0) is 11.2 Å². The van der Waals surface area contributed by atoms with Crippen molar-refractivity contribution in [2.24, 2.45) is 0 Å². The van der Waals surface area contributed by atoms with E-state index in [1.807, 2.05) is 0 Å². The van der Waals surface area contributed by atoms with Crippen LogP contribution in [0.1, 0.15) is 16.1 Å². The van der Waals surface area contributed by atoms with Gasteiger partial charge in [-0.3, -0.25) is 0 Å². The first-order chi connectivity index (χ1) is 6.44. The van der Waals surface area contributed by atoms with Crippen LogP contribution in [0.4, 0.5) is 13.2 Å². The Kier molecular flexibility index (Phi) is 2.78. The predicted molar refractivity (Wildman–Crippen MR) is 37.6 cm³/mol. The van der Waals surface area contributed by atoms with Gasteiger partial charge in [-0.1, -0.05) is 5.16 Å². The van der Waals surface area contributed by atoms with Crippen molar-refractivity contribution in [3.63, 3.8) is 0 Å². The number of alkyl halides is 3. The molecule has 0 saturated heterocycles. The summed E-state index contributed by atoms with van der Waals surface area (Å²) in [5, 5.41) is 3.12. The summed E-state index contributed by atoms with van der Waals surface area (Å²) in [6.45, 7) is 0. The molecule has 14 heavy (non-hydrogen) atoms. The van der Waals surface area contributed by atoms with Gasteiger partial charge in [-0.2, -0.15) is 13.2 Å². The van der Waals surface area contributed by atoms with Crippen LogP contribution >= 0.6 is 0 Å². The Hall–Kier alpha value is -1.53. The Morgan fingerprint density at radius 2 is 2.29 bits per heavy atom. The van der Waals surface area contributed by atoms with Crippen LogP contribution in [-0.4, -0.2) is 24.4 Å². The van der Waals surface area contributed by atoms with Gasteiger partial charge in [0.25, 0.3) is 0 Å². The molecule has 0 bridgehead atoms. The summed E-state index contributed by atoms with van der Waals surface area (Å²) in [5.74, 6) is -0.946. The van der Waals surface area contributed by atoms with Gasteiger partial charge in [0.1, 0.15) is 6.26 Å². The summed E-state index contributed by atoms with van der Waals surface area (Å²) in [6, 6.07) is 0. The predicted octanol–water partition coefficient (Wildman–Crippen LogP) is 1.57. The topological polar surface area (TPSA) is 52.3 Å². The highest BCUT2D eigenvalue weighted by Crippen LogP contribution is 2.23. The van der Waals surface area contributed by atoms with E-state index >= 15 is 0 Å². The van der Waals surface area contributed by atoms with Gasteiger partial charge in [0.15, 0.2) is 5.69 Å². The lowest BCUT2D eigenvalue weighted by Gasteiger charge is -2.03. The SMILES string of the molecule is COC(=O)c1nocc1CC(F)(F)F. The van der Waals surface area contributed by atoms with Crippen LogP contribution in [0.5, 0.6) is 0 Å². The third-order valence-electron chi connectivity index (χ3n) is 1.41. The fourth-order valence-corrected chi connectivity index (χ4v) is 0.863. The fraction of sp³-hybridized carbons (Fsp3) is 0.429. The minimum Gasteiger partial charge on any atom is -0.464 e. The number of aromatic nitrogens is 1. The van der Waals surface area contributed by atoms with Crippen molar-refractivity contribution < 1.29 is 27.2 Å². The lowest BCUT2D eigenvalue weighted by atomic mass is 10.2.